The molecule has 1 aromatic carbocycles. The maximum absolute atomic E-state index is 10.9. The monoisotopic (exact) mass is 282 g/mol. The number of Topliss-reactive ketones (excluding diaryl/α,β-unsaturated/α-hetero) is 1. The van der Waals surface area contributed by atoms with Crippen LogP contribution in [-0.2, 0) is 11.2 Å². The lowest BCUT2D eigenvalue weighted by molar-refractivity contribution is -0.117. The molecular formula is C16H23ClO2. The van der Waals surface area contributed by atoms with Gasteiger partial charge in [0.15, 0.2) is 0 Å². The van der Waals surface area contributed by atoms with Gasteiger partial charge in [0.2, 0.25) is 0 Å². The Hall–Kier alpha value is -1.02. The average Bonchev–Trinajstić information content (AvgIpc) is 2.38. The summed E-state index contributed by atoms with van der Waals surface area (Å²) in [7, 11) is 0. The summed E-state index contributed by atoms with van der Waals surface area (Å²) in [4.78, 5) is 10.9. The van der Waals surface area contributed by atoms with Crippen LogP contribution in [0, 0.1) is 5.92 Å². The molecule has 0 spiro atoms. The number of halogens is 1. The van der Waals surface area contributed by atoms with Gasteiger partial charge in [0, 0.05) is 6.42 Å². The molecule has 19 heavy (non-hydrogen) atoms. The number of rotatable bonds is 8. The summed E-state index contributed by atoms with van der Waals surface area (Å²) in [5.74, 6) is 1.50. The molecule has 1 aromatic rings. The fourth-order valence-electron chi connectivity index (χ4n) is 1.74. The van der Waals surface area contributed by atoms with Gasteiger partial charge in [-0.25, -0.2) is 0 Å². The molecule has 1 rings (SSSR count). The number of ketones is 1. The van der Waals surface area contributed by atoms with Crippen LogP contribution in [0.3, 0.4) is 0 Å². The van der Waals surface area contributed by atoms with E-state index in [0.717, 1.165) is 30.6 Å². The van der Waals surface area contributed by atoms with Crippen molar-refractivity contribution in [2.45, 2.75) is 46.5 Å². The molecule has 0 heterocycles. The minimum absolute atomic E-state index is 0.222. The first-order valence-electron chi connectivity index (χ1n) is 6.94. The largest absolute Gasteiger partial charge is 0.492 e. The molecule has 0 radical (unpaired) electrons. The highest BCUT2D eigenvalue weighted by molar-refractivity contribution is 6.32. The van der Waals surface area contributed by atoms with Gasteiger partial charge in [-0.15, -0.1) is 0 Å². The Kier molecular flexibility index (Phi) is 6.93. The zero-order valence-corrected chi connectivity index (χ0v) is 12.8. The van der Waals surface area contributed by atoms with Crippen molar-refractivity contribution in [3.05, 3.63) is 28.8 Å². The van der Waals surface area contributed by atoms with Crippen molar-refractivity contribution in [3.8, 4) is 5.75 Å². The van der Waals surface area contributed by atoms with Crippen LogP contribution in [0.1, 0.15) is 45.6 Å². The van der Waals surface area contributed by atoms with Crippen LogP contribution >= 0.6 is 11.6 Å². The lowest BCUT2D eigenvalue weighted by Gasteiger charge is -2.14. The van der Waals surface area contributed by atoms with E-state index < -0.39 is 0 Å². The van der Waals surface area contributed by atoms with Gasteiger partial charge >= 0.3 is 0 Å². The van der Waals surface area contributed by atoms with E-state index in [1.54, 1.807) is 6.92 Å². The van der Waals surface area contributed by atoms with Gasteiger partial charge < -0.3 is 9.53 Å². The van der Waals surface area contributed by atoms with Crippen LogP contribution < -0.4 is 4.74 Å². The molecule has 0 aliphatic heterocycles. The third-order valence-electron chi connectivity index (χ3n) is 3.24. The van der Waals surface area contributed by atoms with E-state index in [1.165, 1.54) is 0 Å². The summed E-state index contributed by atoms with van der Waals surface area (Å²) in [5.41, 5.74) is 1.06. The number of carbonyl (C=O) groups excluding carboxylic acids is 1. The molecule has 2 nitrogen and oxygen atoms in total. The van der Waals surface area contributed by atoms with E-state index in [-0.39, 0.29) is 5.78 Å². The van der Waals surface area contributed by atoms with Crippen molar-refractivity contribution < 1.29 is 9.53 Å². The summed E-state index contributed by atoms with van der Waals surface area (Å²) >= 11 is 6.34. The Balaban J connectivity index is 2.61. The van der Waals surface area contributed by atoms with Crippen molar-refractivity contribution in [2.75, 3.05) is 6.61 Å². The first-order chi connectivity index (χ1) is 9.04. The number of carbonyl (C=O) groups is 1. The molecule has 106 valence electrons. The average molecular weight is 283 g/mol. The molecule has 1 unspecified atom stereocenters. The van der Waals surface area contributed by atoms with Crippen molar-refractivity contribution in [2.24, 2.45) is 5.92 Å². The van der Waals surface area contributed by atoms with Gasteiger partial charge in [0.05, 0.1) is 11.6 Å². The summed E-state index contributed by atoms with van der Waals surface area (Å²) in [6.07, 6.45) is 3.35. The fraction of sp³-hybridized carbons (Fsp3) is 0.562. The van der Waals surface area contributed by atoms with Crippen LogP contribution in [0.15, 0.2) is 18.2 Å². The van der Waals surface area contributed by atoms with Crippen LogP contribution in [0.2, 0.25) is 5.02 Å². The maximum atomic E-state index is 10.9. The van der Waals surface area contributed by atoms with Gasteiger partial charge in [-0.2, -0.15) is 0 Å². The summed E-state index contributed by atoms with van der Waals surface area (Å²) in [6.45, 7) is 6.61. The van der Waals surface area contributed by atoms with Crippen LogP contribution in [-0.4, -0.2) is 12.4 Å². The van der Waals surface area contributed by atoms with Crippen molar-refractivity contribution in [1.29, 1.82) is 0 Å². The second kappa shape index (κ2) is 8.21. The number of benzene rings is 1. The number of hydrogen-bond acceptors (Lipinski definition) is 2. The van der Waals surface area contributed by atoms with Crippen LogP contribution in [0.25, 0.3) is 0 Å². The first kappa shape index (κ1) is 16.0. The lowest BCUT2D eigenvalue weighted by atomic mass is 10.1. The molecule has 0 amide bonds. The summed E-state index contributed by atoms with van der Waals surface area (Å²) in [6, 6.07) is 5.86. The van der Waals surface area contributed by atoms with E-state index in [1.807, 2.05) is 18.2 Å². The highest BCUT2D eigenvalue weighted by Crippen LogP contribution is 2.29. The molecule has 0 N–H and O–H groups in total. The van der Waals surface area contributed by atoms with Gasteiger partial charge in [0.1, 0.15) is 11.5 Å². The van der Waals surface area contributed by atoms with Gasteiger partial charge in [-0.05, 0) is 37.3 Å². The van der Waals surface area contributed by atoms with Crippen LogP contribution in [0.4, 0.5) is 0 Å². The van der Waals surface area contributed by atoms with Gasteiger partial charge in [0.25, 0.3) is 0 Å². The molecule has 0 fully saturated rings. The molecule has 0 saturated heterocycles. The Morgan fingerprint density at radius 1 is 1.42 bits per heavy atom. The number of hydrogen-bond donors (Lipinski definition) is 0. The predicted molar refractivity (Wildman–Crippen MR) is 80.0 cm³/mol. The van der Waals surface area contributed by atoms with E-state index in [9.17, 15) is 4.79 Å². The van der Waals surface area contributed by atoms with Crippen molar-refractivity contribution >= 4 is 17.4 Å². The molecule has 0 saturated carbocycles. The van der Waals surface area contributed by atoms with E-state index in [2.05, 4.69) is 13.8 Å². The standard InChI is InChI=1S/C16H23ClO2/c1-4-12(2)11-19-15-10-6-9-14(16(15)17)8-5-7-13(3)18/h6,9-10,12H,4-5,7-8,11H2,1-3H3. The highest BCUT2D eigenvalue weighted by atomic mass is 35.5. The third-order valence-corrected chi connectivity index (χ3v) is 3.67. The Labute approximate surface area is 121 Å². The van der Waals surface area contributed by atoms with Crippen molar-refractivity contribution in [1.82, 2.24) is 0 Å². The molecule has 3 heteroatoms. The van der Waals surface area contributed by atoms with E-state index >= 15 is 0 Å². The van der Waals surface area contributed by atoms with E-state index in [0.29, 0.717) is 24.0 Å². The molecule has 0 aliphatic carbocycles. The topological polar surface area (TPSA) is 26.3 Å². The zero-order chi connectivity index (χ0) is 14.3. The van der Waals surface area contributed by atoms with Crippen LogP contribution in [0.5, 0.6) is 5.75 Å². The fourth-order valence-corrected chi connectivity index (χ4v) is 2.01. The Morgan fingerprint density at radius 2 is 2.16 bits per heavy atom. The van der Waals surface area contributed by atoms with Gasteiger partial charge in [-0.1, -0.05) is 44.0 Å². The maximum Gasteiger partial charge on any atom is 0.138 e. The zero-order valence-electron chi connectivity index (χ0n) is 12.0. The third kappa shape index (κ3) is 5.65. The second-order valence-corrected chi connectivity index (χ2v) is 5.49. The molecular weight excluding hydrogens is 260 g/mol. The number of aryl methyl sites for hydroxylation is 1. The lowest BCUT2D eigenvalue weighted by Crippen LogP contribution is -2.07. The second-order valence-electron chi connectivity index (χ2n) is 5.11. The Morgan fingerprint density at radius 3 is 2.79 bits per heavy atom. The molecule has 0 aromatic heterocycles. The summed E-state index contributed by atoms with van der Waals surface area (Å²) in [5, 5.41) is 0.689. The SMILES string of the molecule is CCC(C)COc1cccc(CCCC(C)=O)c1Cl. The first-order valence-corrected chi connectivity index (χ1v) is 7.32. The minimum Gasteiger partial charge on any atom is -0.492 e. The normalized spacial score (nSPS) is 12.2. The molecule has 1 atom stereocenters. The minimum atomic E-state index is 0.222. The highest BCUT2D eigenvalue weighted by Gasteiger charge is 2.09. The summed E-state index contributed by atoms with van der Waals surface area (Å²) < 4.78 is 5.76. The number of ether oxygens (including phenoxy) is 1. The molecule has 0 bridgehead atoms. The van der Waals surface area contributed by atoms with Crippen molar-refractivity contribution in [3.63, 3.8) is 0 Å². The quantitative estimate of drug-likeness (QED) is 0.692. The smallest absolute Gasteiger partial charge is 0.138 e. The predicted octanol–water partition coefficient (Wildman–Crippen LogP) is 4.68. The Bertz CT molecular complexity index is 415. The van der Waals surface area contributed by atoms with E-state index in [4.69, 9.17) is 16.3 Å². The van der Waals surface area contributed by atoms with Gasteiger partial charge in [-0.3, -0.25) is 0 Å². The molecule has 0 aliphatic rings.